The van der Waals surface area contributed by atoms with E-state index in [0.29, 0.717) is 5.69 Å². The number of carbonyl (C=O) groups excluding carboxylic acids is 1. The molecular weight excluding hydrogens is 549 g/mol. The van der Waals surface area contributed by atoms with Gasteiger partial charge in [-0.25, -0.2) is 8.42 Å². The van der Waals surface area contributed by atoms with Gasteiger partial charge >= 0.3 is 6.18 Å². The van der Waals surface area contributed by atoms with Gasteiger partial charge in [-0.3, -0.25) is 9.36 Å². The summed E-state index contributed by atoms with van der Waals surface area (Å²) in [6.07, 6.45) is -4.60. The number of carbonyl (C=O) groups is 1. The maximum absolute atomic E-state index is 13.0. The number of aromatic nitrogens is 3. The lowest BCUT2D eigenvalue weighted by Gasteiger charge is -2.12. The molecule has 4 rings (SSSR count). The number of thioether (sulfide) groups is 1. The third-order valence-electron chi connectivity index (χ3n) is 5.04. The fraction of sp³-hybridized carbons (Fsp3) is 0.125. The smallest absolute Gasteiger partial charge is 0.324 e. The molecule has 0 unspecified atom stereocenters. The van der Waals surface area contributed by atoms with Gasteiger partial charge in [0.2, 0.25) is 5.91 Å². The Kier molecular flexibility index (Phi) is 7.90. The molecule has 1 aromatic heterocycles. The number of para-hydroxylation sites is 1. The molecule has 0 spiro atoms. The predicted octanol–water partition coefficient (Wildman–Crippen LogP) is 5.64. The molecule has 4 aromatic rings. The second-order valence-electron chi connectivity index (χ2n) is 7.67. The van der Waals surface area contributed by atoms with E-state index < -0.39 is 33.2 Å². The summed E-state index contributed by atoms with van der Waals surface area (Å²) in [5, 5.41) is 10.7. The average molecular weight is 567 g/mol. The number of amides is 1. The fourth-order valence-electron chi connectivity index (χ4n) is 3.32. The first kappa shape index (κ1) is 26.7. The molecule has 0 radical (unpaired) electrons. The van der Waals surface area contributed by atoms with E-state index in [0.717, 1.165) is 30.0 Å². The highest BCUT2D eigenvalue weighted by Gasteiger charge is 2.31. The number of rotatable bonds is 8. The molecule has 0 aliphatic carbocycles. The van der Waals surface area contributed by atoms with Crippen molar-refractivity contribution >= 4 is 44.8 Å². The predicted molar refractivity (Wildman–Crippen MR) is 134 cm³/mol. The van der Waals surface area contributed by atoms with Crippen LogP contribution in [0.4, 0.5) is 18.9 Å². The largest absolute Gasteiger partial charge is 0.416 e. The standard InChI is InChI=1S/C24H18ClF3N4O3S2/c25-19-12-11-16(24(26,27)28)13-20(19)29-22(33)14-36-23-31-30-21(32(23)17-7-3-1-4-8-17)15-37(34,35)18-9-5-2-6-10-18/h1-13H,14-15H2,(H,29,33). The number of nitrogens with zero attached hydrogens (tertiary/aromatic N) is 3. The number of anilines is 1. The molecule has 192 valence electrons. The van der Waals surface area contributed by atoms with Crippen LogP contribution in [-0.2, 0) is 26.6 Å². The van der Waals surface area contributed by atoms with Crippen molar-refractivity contribution in [1.29, 1.82) is 0 Å². The van der Waals surface area contributed by atoms with Crippen LogP contribution in [0.2, 0.25) is 5.02 Å². The quantitative estimate of drug-likeness (QED) is 0.277. The van der Waals surface area contributed by atoms with Crippen LogP contribution in [0, 0.1) is 0 Å². The Morgan fingerprint density at radius 1 is 0.973 bits per heavy atom. The number of halogens is 4. The maximum atomic E-state index is 13.0. The summed E-state index contributed by atoms with van der Waals surface area (Å²) < 4.78 is 66.5. The highest BCUT2D eigenvalue weighted by molar-refractivity contribution is 7.99. The molecular formula is C24H18ClF3N4O3S2. The monoisotopic (exact) mass is 566 g/mol. The Morgan fingerprint density at radius 3 is 2.27 bits per heavy atom. The summed E-state index contributed by atoms with van der Waals surface area (Å²) in [5.41, 5.74) is -0.552. The second-order valence-corrected chi connectivity index (χ2v) is 11.0. The number of hydrogen-bond donors (Lipinski definition) is 1. The molecule has 1 N–H and O–H groups in total. The average Bonchev–Trinajstić information content (AvgIpc) is 3.26. The topological polar surface area (TPSA) is 94.0 Å². The highest BCUT2D eigenvalue weighted by Crippen LogP contribution is 2.34. The lowest BCUT2D eigenvalue weighted by molar-refractivity contribution is -0.137. The number of hydrogen-bond acceptors (Lipinski definition) is 6. The summed E-state index contributed by atoms with van der Waals surface area (Å²) in [4.78, 5) is 12.7. The van der Waals surface area contributed by atoms with Gasteiger partial charge in [-0.15, -0.1) is 10.2 Å². The zero-order valence-corrected chi connectivity index (χ0v) is 21.2. The summed E-state index contributed by atoms with van der Waals surface area (Å²) in [5.74, 6) is -1.18. The van der Waals surface area contributed by atoms with E-state index in [4.69, 9.17) is 11.6 Å². The van der Waals surface area contributed by atoms with E-state index in [1.807, 2.05) is 0 Å². The Labute approximate surface area is 219 Å². The Hall–Kier alpha value is -3.35. The van der Waals surface area contributed by atoms with Crippen LogP contribution in [-0.4, -0.2) is 34.8 Å². The number of nitrogens with one attached hydrogen (secondary N) is 1. The van der Waals surface area contributed by atoms with Gasteiger partial charge in [-0.1, -0.05) is 59.8 Å². The van der Waals surface area contributed by atoms with Crippen molar-refractivity contribution in [3.05, 3.63) is 95.3 Å². The van der Waals surface area contributed by atoms with Crippen molar-refractivity contribution < 1.29 is 26.4 Å². The zero-order chi connectivity index (χ0) is 26.6. The first-order valence-corrected chi connectivity index (χ1v) is 13.6. The van der Waals surface area contributed by atoms with Gasteiger partial charge in [0.15, 0.2) is 20.8 Å². The molecule has 7 nitrogen and oxygen atoms in total. The molecule has 0 atom stereocenters. The number of alkyl halides is 3. The van der Waals surface area contributed by atoms with Gasteiger partial charge in [0.05, 0.1) is 26.9 Å². The molecule has 1 amide bonds. The molecule has 0 aliphatic rings. The van der Waals surface area contributed by atoms with Crippen LogP contribution in [0.3, 0.4) is 0 Å². The van der Waals surface area contributed by atoms with Gasteiger partial charge in [-0.2, -0.15) is 13.2 Å². The second kappa shape index (κ2) is 11.0. The van der Waals surface area contributed by atoms with Gasteiger partial charge in [0.25, 0.3) is 0 Å². The molecule has 1 heterocycles. The lowest BCUT2D eigenvalue weighted by Crippen LogP contribution is -2.16. The Bertz CT molecular complexity index is 1510. The van der Waals surface area contributed by atoms with Crippen molar-refractivity contribution in [2.24, 2.45) is 0 Å². The lowest BCUT2D eigenvalue weighted by atomic mass is 10.2. The van der Waals surface area contributed by atoms with Crippen LogP contribution >= 0.6 is 23.4 Å². The van der Waals surface area contributed by atoms with Crippen molar-refractivity contribution in [3.63, 3.8) is 0 Å². The Morgan fingerprint density at radius 2 is 1.62 bits per heavy atom. The van der Waals surface area contributed by atoms with Gasteiger partial charge in [0.1, 0.15) is 5.75 Å². The molecule has 0 saturated carbocycles. The van der Waals surface area contributed by atoms with E-state index in [2.05, 4.69) is 15.5 Å². The van der Waals surface area contributed by atoms with Gasteiger partial charge in [0, 0.05) is 5.69 Å². The molecule has 13 heteroatoms. The molecule has 37 heavy (non-hydrogen) atoms. The Balaban J connectivity index is 1.56. The number of sulfone groups is 1. The molecule has 3 aromatic carbocycles. The minimum atomic E-state index is -4.60. The van der Waals surface area contributed by atoms with Crippen molar-refractivity contribution in [3.8, 4) is 5.69 Å². The zero-order valence-electron chi connectivity index (χ0n) is 18.8. The fourth-order valence-corrected chi connectivity index (χ4v) is 5.52. The maximum Gasteiger partial charge on any atom is 0.416 e. The normalized spacial score (nSPS) is 11.9. The molecule has 0 saturated heterocycles. The van der Waals surface area contributed by atoms with Gasteiger partial charge in [-0.05, 0) is 42.5 Å². The van der Waals surface area contributed by atoms with Crippen LogP contribution in [0.5, 0.6) is 0 Å². The summed E-state index contributed by atoms with van der Waals surface area (Å²) in [6.45, 7) is 0. The first-order valence-electron chi connectivity index (χ1n) is 10.6. The van der Waals surface area contributed by atoms with Crippen LogP contribution in [0.1, 0.15) is 11.4 Å². The molecule has 0 fully saturated rings. The van der Waals surface area contributed by atoms with Crippen molar-refractivity contribution in [2.75, 3.05) is 11.1 Å². The van der Waals surface area contributed by atoms with E-state index in [1.54, 1.807) is 48.5 Å². The highest BCUT2D eigenvalue weighted by atomic mass is 35.5. The van der Waals surface area contributed by atoms with Crippen LogP contribution in [0.25, 0.3) is 5.69 Å². The third kappa shape index (κ3) is 6.51. The molecule has 0 aliphatic heterocycles. The summed E-state index contributed by atoms with van der Waals surface area (Å²) in [7, 11) is -3.74. The first-order chi connectivity index (χ1) is 17.5. The summed E-state index contributed by atoms with van der Waals surface area (Å²) in [6, 6.07) is 19.3. The van der Waals surface area contributed by atoms with Crippen LogP contribution in [0.15, 0.2) is 88.9 Å². The van der Waals surface area contributed by atoms with E-state index in [1.165, 1.54) is 16.7 Å². The third-order valence-corrected chi connectivity index (χ3v) is 7.92. The van der Waals surface area contributed by atoms with E-state index in [-0.39, 0.29) is 32.3 Å². The van der Waals surface area contributed by atoms with Crippen LogP contribution < -0.4 is 5.32 Å². The minimum Gasteiger partial charge on any atom is -0.324 e. The van der Waals surface area contributed by atoms with Crippen molar-refractivity contribution in [2.45, 2.75) is 22.0 Å². The van der Waals surface area contributed by atoms with Gasteiger partial charge < -0.3 is 5.32 Å². The minimum absolute atomic E-state index is 0.0489. The van der Waals surface area contributed by atoms with Crippen molar-refractivity contribution in [1.82, 2.24) is 14.8 Å². The van der Waals surface area contributed by atoms with E-state index in [9.17, 15) is 26.4 Å². The SMILES string of the molecule is O=C(CSc1nnc(CS(=O)(=O)c2ccccc2)n1-c1ccccc1)Nc1cc(C(F)(F)F)ccc1Cl. The number of benzene rings is 3. The molecule has 0 bridgehead atoms. The van der Waals surface area contributed by atoms with E-state index >= 15 is 0 Å². The summed E-state index contributed by atoms with van der Waals surface area (Å²) >= 11 is 6.90.